The van der Waals surface area contributed by atoms with Crippen LogP contribution in [-0.4, -0.2) is 13.5 Å². The van der Waals surface area contributed by atoms with E-state index in [0.29, 0.717) is 16.8 Å². The highest BCUT2D eigenvalue weighted by Crippen LogP contribution is 2.23. The average molecular weight is 305 g/mol. The Balaban J connectivity index is 2.43. The molecule has 0 aliphatic carbocycles. The predicted molar refractivity (Wildman–Crippen MR) is 83.8 cm³/mol. The van der Waals surface area contributed by atoms with E-state index < -0.39 is 10.0 Å². The Kier molecular flexibility index (Phi) is 4.34. The van der Waals surface area contributed by atoms with Gasteiger partial charge in [-0.25, -0.2) is 8.42 Å². The highest BCUT2D eigenvalue weighted by atomic mass is 32.2. The normalized spacial score (nSPS) is 11.4. The van der Waals surface area contributed by atoms with Crippen molar-refractivity contribution in [2.75, 3.05) is 4.72 Å². The number of hydrogen-bond acceptors (Lipinski definition) is 3. The van der Waals surface area contributed by atoms with Crippen molar-refractivity contribution >= 4 is 15.7 Å². The van der Waals surface area contributed by atoms with Gasteiger partial charge in [0.1, 0.15) is 0 Å². The van der Waals surface area contributed by atoms with Crippen LogP contribution in [0.15, 0.2) is 41.3 Å². The highest BCUT2D eigenvalue weighted by Gasteiger charge is 2.18. The van der Waals surface area contributed by atoms with Crippen LogP contribution in [0.4, 0.5) is 5.69 Å². The fraction of sp³-hybridized carbons (Fsp3) is 0.250. The molecule has 0 atom stereocenters. The van der Waals surface area contributed by atoms with Gasteiger partial charge in [0.25, 0.3) is 10.0 Å². The summed E-state index contributed by atoms with van der Waals surface area (Å²) < 4.78 is 27.7. The summed E-state index contributed by atoms with van der Waals surface area (Å²) in [5.74, 6) is 0. The molecule has 2 aromatic carbocycles. The summed E-state index contributed by atoms with van der Waals surface area (Å²) in [5, 5.41) is 9.17. The summed E-state index contributed by atoms with van der Waals surface area (Å²) in [6, 6.07) is 10.5. The topological polar surface area (TPSA) is 66.4 Å². The zero-order chi connectivity index (χ0) is 15.6. The third kappa shape index (κ3) is 3.43. The quantitative estimate of drug-likeness (QED) is 0.912. The SMILES string of the molecule is Cc1ccc(NS(=O)(=O)c2cc(CO)ccc2C)c(C)c1. The lowest BCUT2D eigenvalue weighted by Crippen LogP contribution is -2.15. The monoisotopic (exact) mass is 305 g/mol. The van der Waals surface area contributed by atoms with Crippen molar-refractivity contribution in [1.82, 2.24) is 0 Å². The summed E-state index contributed by atoms with van der Waals surface area (Å²) in [6.07, 6.45) is 0. The van der Waals surface area contributed by atoms with Crippen molar-refractivity contribution in [3.63, 3.8) is 0 Å². The summed E-state index contributed by atoms with van der Waals surface area (Å²) >= 11 is 0. The Morgan fingerprint density at radius 3 is 2.33 bits per heavy atom. The third-order valence-corrected chi connectivity index (χ3v) is 4.86. The number of benzene rings is 2. The molecule has 0 saturated carbocycles. The van der Waals surface area contributed by atoms with Gasteiger partial charge in [-0.15, -0.1) is 0 Å². The molecule has 5 heteroatoms. The Bertz CT molecular complexity index is 767. The van der Waals surface area contributed by atoms with Crippen LogP contribution < -0.4 is 4.72 Å². The van der Waals surface area contributed by atoms with Gasteiger partial charge in [-0.2, -0.15) is 0 Å². The van der Waals surface area contributed by atoms with Crippen LogP contribution in [-0.2, 0) is 16.6 Å². The highest BCUT2D eigenvalue weighted by molar-refractivity contribution is 7.92. The summed E-state index contributed by atoms with van der Waals surface area (Å²) in [6.45, 7) is 5.37. The molecule has 0 spiro atoms. The Morgan fingerprint density at radius 2 is 1.71 bits per heavy atom. The third-order valence-electron chi connectivity index (χ3n) is 3.35. The summed E-state index contributed by atoms with van der Waals surface area (Å²) in [4.78, 5) is 0.189. The number of hydrogen-bond donors (Lipinski definition) is 2. The minimum absolute atomic E-state index is 0.188. The van der Waals surface area contributed by atoms with E-state index in [0.717, 1.165) is 11.1 Å². The van der Waals surface area contributed by atoms with E-state index >= 15 is 0 Å². The molecule has 0 aliphatic heterocycles. The second-order valence-electron chi connectivity index (χ2n) is 5.18. The zero-order valence-corrected chi connectivity index (χ0v) is 13.2. The maximum absolute atomic E-state index is 12.5. The largest absolute Gasteiger partial charge is 0.392 e. The van der Waals surface area contributed by atoms with Crippen LogP contribution in [0.1, 0.15) is 22.3 Å². The van der Waals surface area contributed by atoms with E-state index in [-0.39, 0.29) is 11.5 Å². The van der Waals surface area contributed by atoms with Gasteiger partial charge in [0.15, 0.2) is 0 Å². The molecule has 0 unspecified atom stereocenters. The predicted octanol–water partition coefficient (Wildman–Crippen LogP) is 2.90. The van der Waals surface area contributed by atoms with Crippen molar-refractivity contribution in [3.8, 4) is 0 Å². The second-order valence-corrected chi connectivity index (χ2v) is 6.83. The molecule has 0 fully saturated rings. The molecule has 21 heavy (non-hydrogen) atoms. The fourth-order valence-electron chi connectivity index (χ4n) is 2.16. The van der Waals surface area contributed by atoms with Crippen LogP contribution in [0.3, 0.4) is 0 Å². The summed E-state index contributed by atoms with van der Waals surface area (Å²) in [7, 11) is -3.67. The van der Waals surface area contributed by atoms with Gasteiger partial charge < -0.3 is 5.11 Å². The Morgan fingerprint density at radius 1 is 1.00 bits per heavy atom. The molecule has 0 saturated heterocycles. The number of aryl methyl sites for hydroxylation is 3. The zero-order valence-electron chi connectivity index (χ0n) is 12.3. The summed E-state index contributed by atoms with van der Waals surface area (Å²) in [5.41, 5.74) is 3.73. The van der Waals surface area contributed by atoms with Gasteiger partial charge >= 0.3 is 0 Å². The van der Waals surface area contributed by atoms with E-state index in [1.807, 2.05) is 26.0 Å². The second kappa shape index (κ2) is 5.87. The molecule has 2 N–H and O–H groups in total. The van der Waals surface area contributed by atoms with E-state index in [9.17, 15) is 8.42 Å². The molecule has 0 bridgehead atoms. The molecule has 2 aromatic rings. The molecule has 2 rings (SSSR count). The maximum atomic E-state index is 12.5. The first-order valence-corrected chi connectivity index (χ1v) is 8.12. The number of aliphatic hydroxyl groups is 1. The minimum atomic E-state index is -3.67. The first kappa shape index (κ1) is 15.5. The lowest BCUT2D eigenvalue weighted by molar-refractivity contribution is 0.281. The van der Waals surface area contributed by atoms with Crippen LogP contribution in [0, 0.1) is 20.8 Å². The number of aliphatic hydroxyl groups excluding tert-OH is 1. The molecule has 0 radical (unpaired) electrons. The van der Waals surface area contributed by atoms with Gasteiger partial charge in [0, 0.05) is 0 Å². The number of sulfonamides is 1. The Labute approximate surface area is 125 Å². The van der Waals surface area contributed by atoms with Crippen molar-refractivity contribution in [3.05, 3.63) is 58.7 Å². The maximum Gasteiger partial charge on any atom is 0.262 e. The van der Waals surface area contributed by atoms with Crippen LogP contribution in [0.5, 0.6) is 0 Å². The molecule has 112 valence electrons. The molecular weight excluding hydrogens is 286 g/mol. The molecular formula is C16H19NO3S. The first-order chi connectivity index (χ1) is 9.83. The lowest BCUT2D eigenvalue weighted by Gasteiger charge is -2.13. The smallest absolute Gasteiger partial charge is 0.262 e. The first-order valence-electron chi connectivity index (χ1n) is 6.64. The van der Waals surface area contributed by atoms with Crippen LogP contribution in [0.25, 0.3) is 0 Å². The van der Waals surface area contributed by atoms with Gasteiger partial charge in [-0.3, -0.25) is 4.72 Å². The molecule has 4 nitrogen and oxygen atoms in total. The van der Waals surface area contributed by atoms with E-state index in [1.54, 1.807) is 25.1 Å². The van der Waals surface area contributed by atoms with Crippen molar-refractivity contribution in [1.29, 1.82) is 0 Å². The minimum Gasteiger partial charge on any atom is -0.392 e. The molecule has 0 aromatic heterocycles. The van der Waals surface area contributed by atoms with E-state index in [1.165, 1.54) is 6.07 Å². The Hall–Kier alpha value is -1.85. The molecule has 0 heterocycles. The standard InChI is InChI=1S/C16H19NO3S/c1-11-4-7-15(13(3)8-11)17-21(19,20)16-9-14(10-18)6-5-12(16)2/h4-9,17-18H,10H2,1-3H3. The number of nitrogens with one attached hydrogen (secondary N) is 1. The van der Waals surface area contributed by atoms with Gasteiger partial charge in [-0.1, -0.05) is 29.8 Å². The van der Waals surface area contributed by atoms with E-state index in [4.69, 9.17) is 5.11 Å². The lowest BCUT2D eigenvalue weighted by atomic mass is 10.1. The molecule has 0 amide bonds. The fourth-order valence-corrected chi connectivity index (χ4v) is 3.59. The van der Waals surface area contributed by atoms with Gasteiger partial charge in [-0.05, 0) is 49.6 Å². The number of rotatable bonds is 4. The van der Waals surface area contributed by atoms with E-state index in [2.05, 4.69) is 4.72 Å². The van der Waals surface area contributed by atoms with Crippen molar-refractivity contribution in [2.24, 2.45) is 0 Å². The number of anilines is 1. The average Bonchev–Trinajstić information content (AvgIpc) is 2.42. The van der Waals surface area contributed by atoms with Crippen molar-refractivity contribution < 1.29 is 13.5 Å². The molecule has 0 aliphatic rings. The van der Waals surface area contributed by atoms with Crippen LogP contribution >= 0.6 is 0 Å². The van der Waals surface area contributed by atoms with Crippen LogP contribution in [0.2, 0.25) is 0 Å². The van der Waals surface area contributed by atoms with Gasteiger partial charge in [0.2, 0.25) is 0 Å². The van der Waals surface area contributed by atoms with Crippen molar-refractivity contribution in [2.45, 2.75) is 32.3 Å². The van der Waals surface area contributed by atoms with Gasteiger partial charge in [0.05, 0.1) is 17.2 Å².